The average Bonchev–Trinajstić information content (AvgIpc) is 2.29. The van der Waals surface area contributed by atoms with Crippen LogP contribution in [0.15, 0.2) is 29.4 Å². The monoisotopic (exact) mass is 237 g/mol. The molecule has 0 aliphatic rings. The van der Waals surface area contributed by atoms with Gasteiger partial charge in [0, 0.05) is 5.02 Å². The first-order valence-corrected chi connectivity index (χ1v) is 4.63. The quantitative estimate of drug-likeness (QED) is 0.494. The predicted molar refractivity (Wildman–Crippen MR) is 60.1 cm³/mol. The van der Waals surface area contributed by atoms with Crippen LogP contribution in [0.3, 0.4) is 0 Å². The Morgan fingerprint density at radius 2 is 2.38 bits per heavy atom. The number of nitrogens with zero attached hydrogens (tertiary/aromatic N) is 2. The molecule has 0 spiro atoms. The van der Waals surface area contributed by atoms with Gasteiger partial charge in [-0.3, -0.25) is 5.43 Å². The number of carbonyl (C=O) groups excluding carboxylic acids is 1. The second kappa shape index (κ2) is 5.73. The van der Waals surface area contributed by atoms with E-state index in [-0.39, 0.29) is 5.71 Å². The molecule has 1 N–H and O–H groups in total. The molecule has 0 amide bonds. The Morgan fingerprint density at radius 1 is 1.62 bits per heavy atom. The predicted octanol–water partition coefficient (Wildman–Crippen LogP) is 1.80. The van der Waals surface area contributed by atoms with Crippen LogP contribution in [0.1, 0.15) is 0 Å². The summed E-state index contributed by atoms with van der Waals surface area (Å²) in [5.74, 6) is -0.794. The average molecular weight is 238 g/mol. The molecule has 0 saturated heterocycles. The number of hydrazone groups is 1. The summed E-state index contributed by atoms with van der Waals surface area (Å²) in [6.07, 6.45) is 0. The van der Waals surface area contributed by atoms with Crippen LogP contribution in [0, 0.1) is 11.3 Å². The van der Waals surface area contributed by atoms with E-state index in [1.165, 1.54) is 7.11 Å². The lowest BCUT2D eigenvalue weighted by Crippen LogP contribution is -2.15. The Morgan fingerprint density at radius 3 is 2.94 bits per heavy atom. The molecule has 1 rings (SSSR count). The van der Waals surface area contributed by atoms with Crippen molar-refractivity contribution in [3.63, 3.8) is 0 Å². The van der Waals surface area contributed by atoms with Crippen LogP contribution in [0.2, 0.25) is 5.02 Å². The molecule has 0 aliphatic heterocycles. The fourth-order valence-corrected chi connectivity index (χ4v) is 1.08. The number of nitrogens with one attached hydrogen (secondary N) is 1. The summed E-state index contributed by atoms with van der Waals surface area (Å²) >= 11 is 5.74. The number of hydrogen-bond acceptors (Lipinski definition) is 5. The van der Waals surface area contributed by atoms with E-state index in [4.69, 9.17) is 16.9 Å². The molecule has 0 radical (unpaired) electrons. The number of nitriles is 1. The molecule has 6 heteroatoms. The van der Waals surface area contributed by atoms with Gasteiger partial charge in [0.25, 0.3) is 0 Å². The van der Waals surface area contributed by atoms with Crippen molar-refractivity contribution in [3.8, 4) is 6.07 Å². The van der Waals surface area contributed by atoms with Crippen LogP contribution in [0.25, 0.3) is 0 Å². The van der Waals surface area contributed by atoms with E-state index in [9.17, 15) is 4.79 Å². The molecule has 1 aromatic carbocycles. The zero-order chi connectivity index (χ0) is 12.0. The van der Waals surface area contributed by atoms with Crippen LogP contribution < -0.4 is 5.43 Å². The molecule has 82 valence electrons. The van der Waals surface area contributed by atoms with Gasteiger partial charge in [0.05, 0.1) is 12.8 Å². The second-order valence-corrected chi connectivity index (χ2v) is 3.12. The van der Waals surface area contributed by atoms with Crippen molar-refractivity contribution >= 4 is 29.0 Å². The van der Waals surface area contributed by atoms with Gasteiger partial charge in [0.15, 0.2) is 0 Å². The maximum Gasteiger partial charge on any atom is 0.369 e. The summed E-state index contributed by atoms with van der Waals surface area (Å²) in [6, 6.07) is 8.33. The van der Waals surface area contributed by atoms with Crippen molar-refractivity contribution in [2.45, 2.75) is 0 Å². The summed E-state index contributed by atoms with van der Waals surface area (Å²) in [6.45, 7) is 0. The fraction of sp³-hybridized carbons (Fsp3) is 0.100. The highest BCUT2D eigenvalue weighted by Gasteiger charge is 2.10. The van der Waals surface area contributed by atoms with E-state index >= 15 is 0 Å². The van der Waals surface area contributed by atoms with Crippen molar-refractivity contribution < 1.29 is 9.53 Å². The molecule has 0 aromatic heterocycles. The minimum absolute atomic E-state index is 0.359. The van der Waals surface area contributed by atoms with Crippen LogP contribution in [-0.2, 0) is 9.53 Å². The molecule has 0 aliphatic carbocycles. The molecular formula is C10H8ClN3O2. The van der Waals surface area contributed by atoms with Gasteiger partial charge in [0.1, 0.15) is 6.07 Å². The molecule has 0 unspecified atom stereocenters. The normalized spacial score (nSPS) is 10.4. The van der Waals surface area contributed by atoms with Gasteiger partial charge >= 0.3 is 5.97 Å². The van der Waals surface area contributed by atoms with Gasteiger partial charge in [-0.15, -0.1) is 0 Å². The number of rotatable bonds is 3. The number of hydrogen-bond donors (Lipinski definition) is 1. The molecule has 0 fully saturated rings. The number of benzene rings is 1. The zero-order valence-corrected chi connectivity index (χ0v) is 9.15. The van der Waals surface area contributed by atoms with Gasteiger partial charge < -0.3 is 4.74 Å². The smallest absolute Gasteiger partial charge is 0.369 e. The molecule has 5 nitrogen and oxygen atoms in total. The fourth-order valence-electron chi connectivity index (χ4n) is 0.891. The number of methoxy groups -OCH3 is 1. The lowest BCUT2D eigenvalue weighted by molar-refractivity contribution is -0.132. The highest BCUT2D eigenvalue weighted by atomic mass is 35.5. The standard InChI is InChI=1S/C10H8ClN3O2/c1-16-10(15)9(6-12)14-13-8-4-2-3-7(11)5-8/h2-5,13H,1H3/b14-9-. The van der Waals surface area contributed by atoms with E-state index in [0.29, 0.717) is 10.7 Å². The van der Waals surface area contributed by atoms with Crippen LogP contribution in [-0.4, -0.2) is 18.8 Å². The van der Waals surface area contributed by atoms with Crippen molar-refractivity contribution in [1.82, 2.24) is 0 Å². The molecule has 0 atom stereocenters. The van der Waals surface area contributed by atoms with Gasteiger partial charge in [0.2, 0.25) is 5.71 Å². The Balaban J connectivity index is 2.79. The third kappa shape index (κ3) is 3.26. The topological polar surface area (TPSA) is 74.5 Å². The molecular weight excluding hydrogens is 230 g/mol. The molecule has 1 aromatic rings. The number of carbonyl (C=O) groups is 1. The van der Waals surface area contributed by atoms with Crippen molar-refractivity contribution in [2.24, 2.45) is 5.10 Å². The third-order valence-electron chi connectivity index (χ3n) is 1.61. The number of anilines is 1. The Kier molecular flexibility index (Phi) is 4.30. The number of halogens is 1. The number of ether oxygens (including phenoxy) is 1. The highest BCUT2D eigenvalue weighted by Crippen LogP contribution is 2.14. The van der Waals surface area contributed by atoms with E-state index < -0.39 is 5.97 Å². The zero-order valence-electron chi connectivity index (χ0n) is 8.40. The van der Waals surface area contributed by atoms with Crippen molar-refractivity contribution in [2.75, 3.05) is 12.5 Å². The summed E-state index contributed by atoms with van der Waals surface area (Å²) in [5, 5.41) is 12.7. The van der Waals surface area contributed by atoms with Gasteiger partial charge in [-0.05, 0) is 18.2 Å². The lowest BCUT2D eigenvalue weighted by atomic mass is 10.3. The van der Waals surface area contributed by atoms with Crippen LogP contribution in [0.4, 0.5) is 5.69 Å². The van der Waals surface area contributed by atoms with Crippen molar-refractivity contribution in [1.29, 1.82) is 5.26 Å². The first-order valence-electron chi connectivity index (χ1n) is 4.25. The molecule has 0 bridgehead atoms. The second-order valence-electron chi connectivity index (χ2n) is 2.69. The van der Waals surface area contributed by atoms with Gasteiger partial charge in [-0.25, -0.2) is 4.79 Å². The molecule has 16 heavy (non-hydrogen) atoms. The summed E-state index contributed by atoms with van der Waals surface area (Å²) in [4.78, 5) is 11.0. The van der Waals surface area contributed by atoms with Crippen LogP contribution in [0.5, 0.6) is 0 Å². The van der Waals surface area contributed by atoms with Crippen LogP contribution >= 0.6 is 11.6 Å². The largest absolute Gasteiger partial charge is 0.464 e. The minimum atomic E-state index is -0.794. The Hall–Kier alpha value is -2.06. The van der Waals surface area contributed by atoms with E-state index in [2.05, 4.69) is 15.3 Å². The summed E-state index contributed by atoms with van der Waals surface area (Å²) < 4.78 is 4.36. The molecule has 0 saturated carbocycles. The third-order valence-corrected chi connectivity index (χ3v) is 1.84. The SMILES string of the molecule is COC(=O)/C(C#N)=N\Nc1cccc(Cl)c1. The maximum atomic E-state index is 11.0. The summed E-state index contributed by atoms with van der Waals surface area (Å²) in [5.41, 5.74) is 2.75. The van der Waals surface area contributed by atoms with E-state index in [0.717, 1.165) is 0 Å². The Bertz CT molecular complexity index is 465. The van der Waals surface area contributed by atoms with Crippen molar-refractivity contribution in [3.05, 3.63) is 29.3 Å². The summed E-state index contributed by atoms with van der Waals surface area (Å²) in [7, 11) is 1.18. The van der Waals surface area contributed by atoms with Gasteiger partial charge in [-0.2, -0.15) is 10.4 Å². The Labute approximate surface area is 97.3 Å². The minimum Gasteiger partial charge on any atom is -0.464 e. The van der Waals surface area contributed by atoms with E-state index in [1.54, 1.807) is 30.3 Å². The van der Waals surface area contributed by atoms with E-state index in [1.807, 2.05) is 0 Å². The molecule has 0 heterocycles. The van der Waals surface area contributed by atoms with Gasteiger partial charge in [-0.1, -0.05) is 17.7 Å². The highest BCUT2D eigenvalue weighted by molar-refractivity contribution is 6.43. The lowest BCUT2D eigenvalue weighted by Gasteiger charge is -2.00. The number of esters is 1. The first kappa shape index (κ1) is 12.0. The first-order chi connectivity index (χ1) is 7.67. The maximum absolute atomic E-state index is 11.0.